The van der Waals surface area contributed by atoms with Gasteiger partial charge in [-0.2, -0.15) is 22.0 Å². The zero-order valence-electron chi connectivity index (χ0n) is 4.66. The molecule has 0 aliphatic rings. The first-order valence-electron chi connectivity index (χ1n) is 2.06. The van der Waals surface area contributed by atoms with E-state index in [2.05, 4.69) is 0 Å². The summed E-state index contributed by atoms with van der Waals surface area (Å²) in [4.78, 5) is 1.11. The second kappa shape index (κ2) is 2.54. The van der Waals surface area contributed by atoms with Gasteiger partial charge in [-0.05, 0) is 0 Å². The summed E-state index contributed by atoms with van der Waals surface area (Å²) in [7, 11) is 0. The van der Waals surface area contributed by atoms with E-state index in [4.69, 9.17) is 5.53 Å². The van der Waals surface area contributed by atoms with Crippen LogP contribution in [0.2, 0.25) is 0 Å². The molecule has 2 nitrogen and oxygen atoms in total. The third-order valence-electron chi connectivity index (χ3n) is 0.703. The van der Waals surface area contributed by atoms with E-state index in [0.29, 0.717) is 0 Å². The van der Waals surface area contributed by atoms with Crippen LogP contribution in [0.1, 0.15) is 0 Å². The molecular formula is C3F6N2. The zero-order valence-corrected chi connectivity index (χ0v) is 4.66. The molecule has 0 aromatic carbocycles. The molecule has 0 saturated carbocycles. The molecule has 0 spiro atoms. The van der Waals surface area contributed by atoms with Gasteiger partial charge in [-0.25, -0.2) is 0 Å². The van der Waals surface area contributed by atoms with Crippen LogP contribution < -0.4 is 0 Å². The highest BCUT2D eigenvalue weighted by atomic mass is 19.4. The second-order valence-electron chi connectivity index (χ2n) is 1.46. The summed E-state index contributed by atoms with van der Waals surface area (Å²) < 4.78 is 67.8. The molecule has 0 radical (unpaired) electrons. The molecule has 0 aliphatic heterocycles. The quantitative estimate of drug-likeness (QED) is 0.254. The van der Waals surface area contributed by atoms with Crippen LogP contribution in [-0.4, -0.2) is 22.9 Å². The van der Waals surface area contributed by atoms with Crippen molar-refractivity contribution in [3.63, 3.8) is 0 Å². The van der Waals surface area contributed by atoms with Gasteiger partial charge in [-0.1, -0.05) is 0 Å². The third-order valence-corrected chi connectivity index (χ3v) is 0.703. The first-order chi connectivity index (χ1) is 4.73. The average Bonchev–Trinajstić information content (AvgIpc) is 1.83. The van der Waals surface area contributed by atoms with Crippen molar-refractivity contribution in [2.45, 2.75) is 12.1 Å². The van der Waals surface area contributed by atoms with Crippen molar-refractivity contribution < 1.29 is 31.1 Å². The maximum Gasteiger partial charge on any atom is 0.523 e. The smallest absolute Gasteiger partial charge is 0.358 e. The molecular weight excluding hydrogens is 178 g/mol. The fourth-order valence-corrected chi connectivity index (χ4v) is 0.180. The molecule has 0 amide bonds. The van der Waals surface area contributed by atoms with Crippen molar-refractivity contribution >= 4 is 5.97 Å². The van der Waals surface area contributed by atoms with Gasteiger partial charge < -0.3 is 5.53 Å². The molecule has 0 aromatic heterocycles. The molecule has 0 rings (SSSR count). The lowest BCUT2D eigenvalue weighted by molar-refractivity contribution is -0.264. The molecule has 0 unspecified atom stereocenters. The van der Waals surface area contributed by atoms with Crippen LogP contribution in [0.15, 0.2) is 0 Å². The molecule has 0 N–H and O–H groups in total. The highest BCUT2D eigenvalue weighted by molar-refractivity contribution is 5.77. The predicted octanol–water partition coefficient (Wildman–Crippen LogP) is 1.78. The number of hydrogen-bond donors (Lipinski definition) is 0. The van der Waals surface area contributed by atoms with Gasteiger partial charge in [0.15, 0.2) is 0 Å². The highest BCUT2D eigenvalue weighted by Gasteiger charge is 2.68. The summed E-state index contributed by atoms with van der Waals surface area (Å²) in [6.45, 7) is 0. The van der Waals surface area contributed by atoms with Gasteiger partial charge in [0, 0.05) is 0 Å². The van der Waals surface area contributed by atoms with Gasteiger partial charge in [-0.15, -0.1) is 9.18 Å². The van der Waals surface area contributed by atoms with Crippen LogP contribution in [0.25, 0.3) is 5.53 Å². The van der Waals surface area contributed by atoms with Gasteiger partial charge in [0.1, 0.15) is 0 Å². The topological polar surface area (TPSA) is 36.4 Å². The number of hydrogen-bond acceptors (Lipinski definition) is 0. The second-order valence-corrected chi connectivity index (χ2v) is 1.46. The van der Waals surface area contributed by atoms with Gasteiger partial charge in [0.2, 0.25) is 0 Å². The summed E-state index contributed by atoms with van der Waals surface area (Å²) in [5.74, 6) is -8.90. The standard InChI is InChI=1S/C3F6N2/c4-1(11-10)2(5,6)3(7,8)9. The van der Waals surface area contributed by atoms with Crippen molar-refractivity contribution in [3.8, 4) is 0 Å². The largest absolute Gasteiger partial charge is 0.523 e. The van der Waals surface area contributed by atoms with E-state index >= 15 is 0 Å². The predicted molar refractivity (Wildman–Crippen MR) is 20.7 cm³/mol. The Morgan fingerprint density at radius 1 is 1.09 bits per heavy atom. The van der Waals surface area contributed by atoms with Gasteiger partial charge >= 0.3 is 18.1 Å². The molecule has 0 fully saturated rings. The van der Waals surface area contributed by atoms with Crippen molar-refractivity contribution in [1.29, 1.82) is 0 Å². The van der Waals surface area contributed by atoms with Crippen molar-refractivity contribution in [3.05, 3.63) is 5.53 Å². The first-order valence-corrected chi connectivity index (χ1v) is 2.06. The molecule has 0 aromatic rings. The van der Waals surface area contributed by atoms with Crippen LogP contribution in [-0.2, 0) is 0 Å². The normalized spacial score (nSPS) is 12.5. The number of rotatable bonds is 1. The fourth-order valence-electron chi connectivity index (χ4n) is 0.180. The maximum absolute atomic E-state index is 11.5. The zero-order chi connectivity index (χ0) is 9.28. The minimum absolute atomic E-state index is 1.11. The Kier molecular flexibility index (Phi) is 2.30. The Bertz CT molecular complexity index is 198. The Hall–Kier alpha value is -1.04. The number of halogens is 6. The Labute approximate surface area is 56.0 Å². The first kappa shape index (κ1) is 9.96. The molecule has 0 atom stereocenters. The molecule has 0 saturated heterocycles. The molecule has 64 valence electrons. The van der Waals surface area contributed by atoms with E-state index in [1.54, 1.807) is 0 Å². The fraction of sp³-hybridized carbons (Fsp3) is 0.667. The van der Waals surface area contributed by atoms with Crippen LogP contribution in [0.5, 0.6) is 0 Å². The van der Waals surface area contributed by atoms with Crippen LogP contribution in [0, 0.1) is 0 Å². The number of nitrogens with zero attached hydrogens (tertiary/aromatic N) is 2. The van der Waals surface area contributed by atoms with E-state index < -0.39 is 18.1 Å². The third kappa shape index (κ3) is 1.70. The van der Waals surface area contributed by atoms with Crippen LogP contribution >= 0.6 is 0 Å². The van der Waals surface area contributed by atoms with Crippen LogP contribution in [0.4, 0.5) is 26.3 Å². The summed E-state index contributed by atoms with van der Waals surface area (Å²) >= 11 is 0. The average molecular weight is 178 g/mol. The molecule has 11 heavy (non-hydrogen) atoms. The SMILES string of the molecule is [N-]=[N+]=C(F)C(F)(F)C(F)(F)F. The van der Waals surface area contributed by atoms with Crippen molar-refractivity contribution in [1.82, 2.24) is 0 Å². The van der Waals surface area contributed by atoms with Crippen molar-refractivity contribution in [2.24, 2.45) is 0 Å². The Morgan fingerprint density at radius 2 is 1.45 bits per heavy atom. The Morgan fingerprint density at radius 3 is 1.55 bits per heavy atom. The molecule has 0 aliphatic carbocycles. The summed E-state index contributed by atoms with van der Waals surface area (Å²) in [5.41, 5.74) is 7.27. The summed E-state index contributed by atoms with van der Waals surface area (Å²) in [5, 5.41) is 0. The monoisotopic (exact) mass is 178 g/mol. The van der Waals surface area contributed by atoms with Crippen LogP contribution in [0.3, 0.4) is 0 Å². The van der Waals surface area contributed by atoms with Gasteiger partial charge in [-0.3, -0.25) is 0 Å². The van der Waals surface area contributed by atoms with E-state index in [1.165, 1.54) is 0 Å². The van der Waals surface area contributed by atoms with E-state index in [9.17, 15) is 26.3 Å². The highest BCUT2D eigenvalue weighted by Crippen LogP contribution is 2.36. The minimum Gasteiger partial charge on any atom is -0.358 e. The summed E-state index contributed by atoms with van der Waals surface area (Å²) in [6, 6.07) is 0. The Balaban J connectivity index is 4.89. The molecule has 8 heteroatoms. The van der Waals surface area contributed by atoms with E-state index in [0.717, 1.165) is 4.79 Å². The maximum atomic E-state index is 11.5. The minimum atomic E-state index is -6.08. The van der Waals surface area contributed by atoms with Crippen molar-refractivity contribution in [2.75, 3.05) is 0 Å². The summed E-state index contributed by atoms with van der Waals surface area (Å²) in [6.07, 6.45) is -6.08. The van der Waals surface area contributed by atoms with Gasteiger partial charge in [0.05, 0.1) is 0 Å². The lowest BCUT2D eigenvalue weighted by Gasteiger charge is -2.10. The molecule has 0 bridgehead atoms. The van der Waals surface area contributed by atoms with Gasteiger partial charge in [0.25, 0.3) is 0 Å². The van der Waals surface area contributed by atoms with E-state index in [-0.39, 0.29) is 0 Å². The van der Waals surface area contributed by atoms with E-state index in [1.807, 2.05) is 0 Å². The number of alkyl halides is 5. The lowest BCUT2D eigenvalue weighted by Crippen LogP contribution is -2.42. The molecule has 0 heterocycles. The lowest BCUT2D eigenvalue weighted by atomic mass is 10.3.